The number of nitrogens with zero attached hydrogens (tertiary/aromatic N) is 2. The van der Waals surface area contributed by atoms with Crippen molar-refractivity contribution in [2.75, 3.05) is 45.9 Å². The molecule has 2 fully saturated rings. The van der Waals surface area contributed by atoms with Crippen LogP contribution in [0.2, 0.25) is 0 Å². The normalized spacial score (nSPS) is 26.3. The van der Waals surface area contributed by atoms with Gasteiger partial charge in [0.15, 0.2) is 0 Å². The van der Waals surface area contributed by atoms with Crippen molar-refractivity contribution in [3.8, 4) is 0 Å². The summed E-state index contributed by atoms with van der Waals surface area (Å²) in [5.74, 6) is 0.834. The van der Waals surface area contributed by atoms with Gasteiger partial charge in [0, 0.05) is 19.1 Å². The van der Waals surface area contributed by atoms with E-state index in [0.717, 1.165) is 32.2 Å². The summed E-state index contributed by atoms with van der Waals surface area (Å²) < 4.78 is 5.38. The van der Waals surface area contributed by atoms with Crippen LogP contribution in [0.3, 0.4) is 0 Å². The fraction of sp³-hybridized carbons (Fsp3) is 1.00. The summed E-state index contributed by atoms with van der Waals surface area (Å²) in [5.41, 5.74) is 3.67. The third-order valence-corrected chi connectivity index (χ3v) is 4.28. The van der Waals surface area contributed by atoms with Crippen molar-refractivity contribution >= 4 is 0 Å². The highest BCUT2D eigenvalue weighted by Gasteiger charge is 2.24. The van der Waals surface area contributed by atoms with Gasteiger partial charge in [-0.15, -0.1) is 0 Å². The molecule has 2 saturated heterocycles. The van der Waals surface area contributed by atoms with E-state index in [1.807, 2.05) is 0 Å². The highest BCUT2D eigenvalue weighted by atomic mass is 16.5. The van der Waals surface area contributed by atoms with Gasteiger partial charge in [-0.2, -0.15) is 0 Å². The molecule has 4 heteroatoms. The molecule has 2 aliphatic rings. The van der Waals surface area contributed by atoms with Crippen LogP contribution in [0.25, 0.3) is 0 Å². The lowest BCUT2D eigenvalue weighted by molar-refractivity contribution is -0.00378. The molecule has 0 aromatic heterocycles. The summed E-state index contributed by atoms with van der Waals surface area (Å²) in [4.78, 5) is 2.61. The third-order valence-electron chi connectivity index (χ3n) is 4.28. The molecular weight excluding hydrogens is 226 g/mol. The van der Waals surface area contributed by atoms with Crippen LogP contribution in [-0.2, 0) is 4.74 Å². The molecule has 4 nitrogen and oxygen atoms in total. The van der Waals surface area contributed by atoms with Crippen molar-refractivity contribution in [3.05, 3.63) is 0 Å². The lowest BCUT2D eigenvalue weighted by atomic mass is 9.90. The van der Waals surface area contributed by atoms with Crippen molar-refractivity contribution in [2.45, 2.75) is 39.2 Å². The van der Waals surface area contributed by atoms with Gasteiger partial charge in [0.05, 0.1) is 13.2 Å². The zero-order valence-corrected chi connectivity index (χ0v) is 12.0. The van der Waals surface area contributed by atoms with Crippen LogP contribution in [0, 0.1) is 5.92 Å². The minimum absolute atomic E-state index is 0.604. The van der Waals surface area contributed by atoms with Gasteiger partial charge in [0.25, 0.3) is 0 Å². The summed E-state index contributed by atoms with van der Waals surface area (Å²) in [7, 11) is 0. The lowest BCUT2D eigenvalue weighted by Gasteiger charge is -2.38. The highest BCUT2D eigenvalue weighted by molar-refractivity contribution is 4.79. The molecule has 0 amide bonds. The predicted octanol–water partition coefficient (Wildman–Crippen LogP) is 1.33. The fourth-order valence-corrected chi connectivity index (χ4v) is 3.08. The number of nitrogens with one attached hydrogen (secondary N) is 1. The first-order valence-electron chi connectivity index (χ1n) is 7.61. The molecule has 1 unspecified atom stereocenters. The van der Waals surface area contributed by atoms with Crippen LogP contribution in [0.4, 0.5) is 0 Å². The van der Waals surface area contributed by atoms with Gasteiger partial charge in [-0.05, 0) is 51.7 Å². The van der Waals surface area contributed by atoms with Gasteiger partial charge in [-0.25, -0.2) is 5.01 Å². The van der Waals surface area contributed by atoms with Crippen molar-refractivity contribution in [3.63, 3.8) is 0 Å². The second kappa shape index (κ2) is 7.43. The monoisotopic (exact) mass is 255 g/mol. The smallest absolute Gasteiger partial charge is 0.0608 e. The van der Waals surface area contributed by atoms with E-state index in [1.54, 1.807) is 0 Å². The Balaban J connectivity index is 1.68. The van der Waals surface area contributed by atoms with Gasteiger partial charge in [-0.3, -0.25) is 5.43 Å². The molecule has 1 atom stereocenters. The fourth-order valence-electron chi connectivity index (χ4n) is 3.08. The maximum atomic E-state index is 5.38. The van der Waals surface area contributed by atoms with E-state index in [4.69, 9.17) is 4.74 Å². The Morgan fingerprint density at radius 2 is 1.83 bits per heavy atom. The zero-order valence-electron chi connectivity index (χ0n) is 12.0. The van der Waals surface area contributed by atoms with Gasteiger partial charge in [0.1, 0.15) is 0 Å². The summed E-state index contributed by atoms with van der Waals surface area (Å²) >= 11 is 0. The Morgan fingerprint density at radius 1 is 1.17 bits per heavy atom. The Labute approximate surface area is 112 Å². The zero-order chi connectivity index (χ0) is 12.8. The minimum Gasteiger partial charge on any atom is -0.379 e. The maximum Gasteiger partial charge on any atom is 0.0608 e. The average Bonchev–Trinajstić information content (AvgIpc) is 2.41. The standard InChI is InChI=1S/C14H29N3O/c1-3-6-16-7-4-14(5-8-16)13(2)15-17-9-11-18-12-10-17/h13-15H,3-12H2,1-2H3. The first-order chi connectivity index (χ1) is 8.79. The van der Waals surface area contributed by atoms with Crippen molar-refractivity contribution < 1.29 is 4.74 Å². The van der Waals surface area contributed by atoms with Crippen LogP contribution in [0.5, 0.6) is 0 Å². The van der Waals surface area contributed by atoms with E-state index in [9.17, 15) is 0 Å². The minimum atomic E-state index is 0.604. The van der Waals surface area contributed by atoms with Crippen molar-refractivity contribution in [1.82, 2.24) is 15.3 Å². The molecule has 0 spiro atoms. The van der Waals surface area contributed by atoms with E-state index >= 15 is 0 Å². The number of hydrazine groups is 1. The van der Waals surface area contributed by atoms with E-state index in [0.29, 0.717) is 6.04 Å². The number of likely N-dealkylation sites (tertiary alicyclic amines) is 1. The molecule has 0 bridgehead atoms. The first kappa shape index (κ1) is 14.3. The second-order valence-electron chi connectivity index (χ2n) is 5.70. The Bertz CT molecular complexity index is 223. The largest absolute Gasteiger partial charge is 0.379 e. The van der Waals surface area contributed by atoms with E-state index in [2.05, 4.69) is 29.2 Å². The SMILES string of the molecule is CCCN1CCC(C(C)NN2CCOCC2)CC1. The molecule has 0 aliphatic carbocycles. The Kier molecular flexibility index (Phi) is 5.89. The lowest BCUT2D eigenvalue weighted by Crippen LogP contribution is -2.52. The summed E-state index contributed by atoms with van der Waals surface area (Å²) in [6, 6.07) is 0.604. The molecule has 0 aromatic carbocycles. The molecular formula is C14H29N3O. The van der Waals surface area contributed by atoms with E-state index in [1.165, 1.54) is 38.9 Å². The van der Waals surface area contributed by atoms with Gasteiger partial charge in [-0.1, -0.05) is 6.92 Å². The van der Waals surface area contributed by atoms with E-state index < -0.39 is 0 Å². The molecule has 2 rings (SSSR count). The van der Waals surface area contributed by atoms with Gasteiger partial charge >= 0.3 is 0 Å². The van der Waals surface area contributed by atoms with Crippen LogP contribution < -0.4 is 5.43 Å². The topological polar surface area (TPSA) is 27.7 Å². The van der Waals surface area contributed by atoms with Crippen LogP contribution in [0.1, 0.15) is 33.1 Å². The van der Waals surface area contributed by atoms with Gasteiger partial charge < -0.3 is 9.64 Å². The molecule has 2 aliphatic heterocycles. The van der Waals surface area contributed by atoms with Crippen molar-refractivity contribution in [2.24, 2.45) is 5.92 Å². The summed E-state index contributed by atoms with van der Waals surface area (Å²) in [5, 5.41) is 2.34. The summed E-state index contributed by atoms with van der Waals surface area (Å²) in [6.07, 6.45) is 3.98. The molecule has 18 heavy (non-hydrogen) atoms. The predicted molar refractivity (Wildman–Crippen MR) is 74.4 cm³/mol. The Morgan fingerprint density at radius 3 is 2.44 bits per heavy atom. The number of hydrogen-bond acceptors (Lipinski definition) is 4. The van der Waals surface area contributed by atoms with Crippen LogP contribution in [-0.4, -0.2) is 61.9 Å². The van der Waals surface area contributed by atoms with E-state index in [-0.39, 0.29) is 0 Å². The average molecular weight is 255 g/mol. The highest BCUT2D eigenvalue weighted by Crippen LogP contribution is 2.21. The molecule has 0 radical (unpaired) electrons. The number of piperidine rings is 1. The quantitative estimate of drug-likeness (QED) is 0.802. The molecule has 0 saturated carbocycles. The molecule has 0 aromatic rings. The third kappa shape index (κ3) is 4.19. The molecule has 1 N–H and O–H groups in total. The molecule has 106 valence electrons. The first-order valence-corrected chi connectivity index (χ1v) is 7.61. The number of ether oxygens (including phenoxy) is 1. The number of rotatable bonds is 5. The second-order valence-corrected chi connectivity index (χ2v) is 5.70. The summed E-state index contributed by atoms with van der Waals surface area (Å²) in [6.45, 7) is 12.3. The maximum absolute atomic E-state index is 5.38. The van der Waals surface area contributed by atoms with Gasteiger partial charge in [0.2, 0.25) is 0 Å². The van der Waals surface area contributed by atoms with Crippen LogP contribution >= 0.6 is 0 Å². The van der Waals surface area contributed by atoms with Crippen LogP contribution in [0.15, 0.2) is 0 Å². The molecule has 2 heterocycles. The number of hydrogen-bond donors (Lipinski definition) is 1. The number of morpholine rings is 1. The Hall–Kier alpha value is -0.160. The van der Waals surface area contributed by atoms with Crippen molar-refractivity contribution in [1.29, 1.82) is 0 Å².